The van der Waals surface area contributed by atoms with Crippen molar-refractivity contribution < 1.29 is 18.1 Å². The van der Waals surface area contributed by atoms with Gasteiger partial charge in [-0.3, -0.25) is 14.9 Å². The lowest BCUT2D eigenvalue weighted by atomic mass is 10.2. The van der Waals surface area contributed by atoms with E-state index in [9.17, 15) is 23.3 Å². The first kappa shape index (κ1) is 16.9. The molecule has 0 saturated heterocycles. The first-order valence-electron chi connectivity index (χ1n) is 6.00. The van der Waals surface area contributed by atoms with Crippen molar-refractivity contribution >= 4 is 27.1 Å². The summed E-state index contributed by atoms with van der Waals surface area (Å²) in [4.78, 5) is 23.3. The zero-order chi connectivity index (χ0) is 16.4. The van der Waals surface area contributed by atoms with Crippen LogP contribution in [0.25, 0.3) is 0 Å². The van der Waals surface area contributed by atoms with Crippen LogP contribution in [0.4, 0.5) is 11.4 Å². The molecule has 8 nitrogen and oxygen atoms in total. The minimum Gasteiger partial charge on any atom is -0.368 e. The molecule has 0 aromatic heterocycles. The number of hydrogen-bond acceptors (Lipinski definition) is 6. The zero-order valence-corrected chi connectivity index (χ0v) is 13.0. The Morgan fingerprint density at radius 1 is 1.38 bits per heavy atom. The second-order valence-corrected chi connectivity index (χ2v) is 6.82. The van der Waals surface area contributed by atoms with Crippen LogP contribution in [0.1, 0.15) is 6.92 Å². The Morgan fingerprint density at radius 2 is 1.95 bits per heavy atom. The van der Waals surface area contributed by atoms with Gasteiger partial charge < -0.3 is 10.2 Å². The van der Waals surface area contributed by atoms with Gasteiger partial charge in [0.05, 0.1) is 9.82 Å². The summed E-state index contributed by atoms with van der Waals surface area (Å²) in [5, 5.41) is 13.8. The smallest absolute Gasteiger partial charge is 0.293 e. The molecule has 0 aliphatic rings. The number of sulfone groups is 1. The lowest BCUT2D eigenvalue weighted by Crippen LogP contribution is -2.36. The molecular formula is C12H17N3O5S. The van der Waals surface area contributed by atoms with Gasteiger partial charge in [0.1, 0.15) is 11.7 Å². The molecule has 9 heteroatoms. The number of nitro groups is 1. The summed E-state index contributed by atoms with van der Waals surface area (Å²) in [7, 11) is -0.399. The van der Waals surface area contributed by atoms with Crippen LogP contribution in [0.3, 0.4) is 0 Å². The molecule has 0 aliphatic heterocycles. The fourth-order valence-electron chi connectivity index (χ4n) is 1.70. The SMILES string of the molecule is C[C@H](Nc1ccc(S(C)(=O)=O)cc1[N+](=O)[O-])C(=O)N(C)C. The third-order valence-corrected chi connectivity index (χ3v) is 3.89. The van der Waals surface area contributed by atoms with E-state index in [-0.39, 0.29) is 16.5 Å². The topological polar surface area (TPSA) is 110 Å². The molecule has 0 spiro atoms. The first-order valence-corrected chi connectivity index (χ1v) is 7.89. The van der Waals surface area contributed by atoms with Gasteiger partial charge in [-0.05, 0) is 19.1 Å². The van der Waals surface area contributed by atoms with Crippen molar-refractivity contribution in [2.24, 2.45) is 0 Å². The van der Waals surface area contributed by atoms with Gasteiger partial charge in [-0.25, -0.2) is 8.42 Å². The van der Waals surface area contributed by atoms with E-state index >= 15 is 0 Å². The van der Waals surface area contributed by atoms with Crippen LogP contribution < -0.4 is 5.32 Å². The van der Waals surface area contributed by atoms with Crippen LogP contribution in [0.15, 0.2) is 23.1 Å². The number of nitro benzene ring substituents is 1. The Hall–Kier alpha value is -2.16. The molecule has 0 bridgehead atoms. The average Bonchev–Trinajstić information content (AvgIpc) is 2.36. The highest BCUT2D eigenvalue weighted by Gasteiger charge is 2.22. The fourth-order valence-corrected chi connectivity index (χ4v) is 2.34. The number of carbonyl (C=O) groups is 1. The number of rotatable bonds is 5. The zero-order valence-electron chi connectivity index (χ0n) is 12.2. The van der Waals surface area contributed by atoms with Crippen LogP contribution >= 0.6 is 0 Å². The molecule has 0 radical (unpaired) electrons. The molecular weight excluding hydrogens is 298 g/mol. The van der Waals surface area contributed by atoms with E-state index in [0.717, 1.165) is 12.3 Å². The molecule has 0 aliphatic carbocycles. The first-order chi connectivity index (χ1) is 9.54. The van der Waals surface area contributed by atoms with Gasteiger partial charge in [0.2, 0.25) is 5.91 Å². The molecule has 21 heavy (non-hydrogen) atoms. The van der Waals surface area contributed by atoms with Crippen LogP contribution in [-0.4, -0.2) is 50.5 Å². The van der Waals surface area contributed by atoms with E-state index in [2.05, 4.69) is 5.32 Å². The van der Waals surface area contributed by atoms with Crippen LogP contribution in [0, 0.1) is 10.1 Å². The molecule has 0 fully saturated rings. The summed E-state index contributed by atoms with van der Waals surface area (Å²) in [5.74, 6) is -0.253. The lowest BCUT2D eigenvalue weighted by Gasteiger charge is -2.19. The third kappa shape index (κ3) is 4.15. The summed E-state index contributed by atoms with van der Waals surface area (Å²) in [5.41, 5.74) is -0.300. The van der Waals surface area contributed by atoms with Crippen molar-refractivity contribution in [2.75, 3.05) is 25.7 Å². The second kappa shape index (κ2) is 6.08. The minimum absolute atomic E-state index is 0.0927. The van der Waals surface area contributed by atoms with Gasteiger partial charge in [0.15, 0.2) is 9.84 Å². The number of likely N-dealkylation sites (N-methyl/N-ethyl adjacent to an activating group) is 1. The van der Waals surface area contributed by atoms with E-state index in [4.69, 9.17) is 0 Å². The highest BCUT2D eigenvalue weighted by molar-refractivity contribution is 7.90. The number of benzene rings is 1. The van der Waals surface area contributed by atoms with E-state index < -0.39 is 26.5 Å². The normalized spacial score (nSPS) is 12.6. The average molecular weight is 315 g/mol. The predicted octanol–water partition coefficient (Wildman–Crippen LogP) is 0.887. The van der Waals surface area contributed by atoms with Crippen molar-refractivity contribution in [1.29, 1.82) is 0 Å². The third-order valence-electron chi connectivity index (χ3n) is 2.78. The van der Waals surface area contributed by atoms with Gasteiger partial charge in [-0.15, -0.1) is 0 Å². The summed E-state index contributed by atoms with van der Waals surface area (Å²) < 4.78 is 22.9. The van der Waals surface area contributed by atoms with E-state index in [0.29, 0.717) is 0 Å². The number of nitrogens with zero attached hydrogens (tertiary/aromatic N) is 2. The fraction of sp³-hybridized carbons (Fsp3) is 0.417. The maximum Gasteiger partial charge on any atom is 0.293 e. The molecule has 1 atom stereocenters. The summed E-state index contributed by atoms with van der Waals surface area (Å²) in [6, 6.07) is 2.85. The number of amides is 1. The second-order valence-electron chi connectivity index (χ2n) is 4.81. The Kier molecular flexibility index (Phi) is 4.89. The minimum atomic E-state index is -3.54. The van der Waals surface area contributed by atoms with Gasteiger partial charge in [-0.1, -0.05) is 0 Å². The molecule has 116 valence electrons. The monoisotopic (exact) mass is 315 g/mol. The van der Waals surface area contributed by atoms with Crippen LogP contribution in [0.5, 0.6) is 0 Å². The molecule has 1 aromatic carbocycles. The largest absolute Gasteiger partial charge is 0.368 e. The van der Waals surface area contributed by atoms with Crippen LogP contribution in [-0.2, 0) is 14.6 Å². The quantitative estimate of drug-likeness (QED) is 0.638. The Labute approximate surface area is 122 Å². The van der Waals surface area contributed by atoms with Crippen molar-refractivity contribution in [3.63, 3.8) is 0 Å². The highest BCUT2D eigenvalue weighted by atomic mass is 32.2. The molecule has 0 unspecified atom stereocenters. The molecule has 1 rings (SSSR count). The number of nitrogens with one attached hydrogen (secondary N) is 1. The number of carbonyl (C=O) groups excluding carboxylic acids is 1. The highest BCUT2D eigenvalue weighted by Crippen LogP contribution is 2.28. The van der Waals surface area contributed by atoms with Crippen molar-refractivity contribution in [3.05, 3.63) is 28.3 Å². The van der Waals surface area contributed by atoms with Crippen molar-refractivity contribution in [2.45, 2.75) is 17.9 Å². The van der Waals surface area contributed by atoms with Gasteiger partial charge in [-0.2, -0.15) is 0 Å². The summed E-state index contributed by atoms with van der Waals surface area (Å²) in [6.07, 6.45) is 0.970. The molecule has 1 N–H and O–H groups in total. The van der Waals surface area contributed by atoms with Crippen molar-refractivity contribution in [3.8, 4) is 0 Å². The predicted molar refractivity (Wildman–Crippen MR) is 78.0 cm³/mol. The summed E-state index contributed by atoms with van der Waals surface area (Å²) in [6.45, 7) is 1.57. The van der Waals surface area contributed by atoms with E-state index in [1.165, 1.54) is 17.0 Å². The Morgan fingerprint density at radius 3 is 2.38 bits per heavy atom. The maximum absolute atomic E-state index is 11.8. The molecule has 1 amide bonds. The standard InChI is InChI=1S/C12H17N3O5S/c1-8(12(16)14(2)3)13-10-6-5-9(21(4,19)20)7-11(10)15(17)18/h5-8,13H,1-4H3/t8-/m0/s1. The summed E-state index contributed by atoms with van der Waals surface area (Å²) >= 11 is 0. The molecule has 0 heterocycles. The Bertz CT molecular complexity index is 669. The number of hydrogen-bond donors (Lipinski definition) is 1. The molecule has 0 saturated carbocycles. The maximum atomic E-state index is 11.8. The van der Waals surface area contributed by atoms with E-state index in [1.807, 2.05) is 0 Å². The lowest BCUT2D eigenvalue weighted by molar-refractivity contribution is -0.384. The van der Waals surface area contributed by atoms with Gasteiger partial charge in [0, 0.05) is 26.4 Å². The van der Waals surface area contributed by atoms with Crippen LogP contribution in [0.2, 0.25) is 0 Å². The van der Waals surface area contributed by atoms with E-state index in [1.54, 1.807) is 21.0 Å². The van der Waals surface area contributed by atoms with Gasteiger partial charge in [0.25, 0.3) is 5.69 Å². The molecule has 1 aromatic rings. The van der Waals surface area contributed by atoms with Crippen molar-refractivity contribution in [1.82, 2.24) is 4.90 Å². The van der Waals surface area contributed by atoms with Gasteiger partial charge >= 0.3 is 0 Å². The number of anilines is 1. The Balaban J connectivity index is 3.20.